The maximum atomic E-state index is 10.7. The second-order valence-corrected chi connectivity index (χ2v) is 23.4. The van der Waals surface area contributed by atoms with Crippen LogP contribution in [-0.2, 0) is 0 Å². The van der Waals surface area contributed by atoms with Crippen LogP contribution in [0.2, 0.25) is 0 Å². The van der Waals surface area contributed by atoms with E-state index >= 15 is 0 Å². The van der Waals surface area contributed by atoms with Gasteiger partial charge in [0.15, 0.2) is 5.82 Å². The van der Waals surface area contributed by atoms with Gasteiger partial charge in [-0.3, -0.25) is 0 Å². The molecule has 0 fully saturated rings. The standard InChI is InChI=1S/C85H50N8/c86-51-54-35-38-56(39-36-54)59-40-43-82-70(46-59)71-47-60(63-42-37-55(52-87)45-62(63)53-88)41-44-83(71)93(82)84-72(68-27-11-17-33-80(68)91-76-29-13-7-23-64(76)65-24-8-14-30-77(65)91)48-61(75-50-74(57-19-3-1-4-20-57)89-85(90-75)58-21-5-2-6-22-58)49-73(84)69-28-12-18-34-81(69)92-78-31-15-9-25-66(78)67-26-10-16-32-79(67)92/h1-50H. The fourth-order valence-corrected chi connectivity index (χ4v) is 14.0. The van der Waals surface area contributed by atoms with Crippen LogP contribution in [0.3, 0.4) is 0 Å². The van der Waals surface area contributed by atoms with E-state index in [2.05, 4.69) is 268 Å². The quantitative estimate of drug-likeness (QED) is 0.135. The van der Waals surface area contributed by atoms with Crippen LogP contribution in [0.15, 0.2) is 303 Å². The Morgan fingerprint density at radius 3 is 1.18 bits per heavy atom. The first kappa shape index (κ1) is 54.0. The highest BCUT2D eigenvalue weighted by Crippen LogP contribution is 2.49. The normalized spacial score (nSPS) is 11.4. The molecule has 430 valence electrons. The first-order chi connectivity index (χ1) is 46.0. The van der Waals surface area contributed by atoms with Crippen molar-refractivity contribution >= 4 is 65.4 Å². The molecule has 0 aliphatic carbocycles. The fourth-order valence-electron chi connectivity index (χ4n) is 14.0. The Morgan fingerprint density at radius 1 is 0.247 bits per heavy atom. The van der Waals surface area contributed by atoms with Crippen LogP contribution in [-0.4, -0.2) is 23.7 Å². The van der Waals surface area contributed by atoms with Crippen LogP contribution in [0, 0.1) is 34.0 Å². The zero-order valence-corrected chi connectivity index (χ0v) is 49.9. The molecule has 0 spiro atoms. The third-order valence-electron chi connectivity index (χ3n) is 18.2. The molecule has 0 amide bonds. The molecule has 0 aliphatic heterocycles. The van der Waals surface area contributed by atoms with E-state index in [1.807, 2.05) is 54.6 Å². The Bertz CT molecular complexity index is 5680. The number of aromatic nitrogens is 5. The molecule has 8 heteroatoms. The molecule has 0 radical (unpaired) electrons. The molecule has 93 heavy (non-hydrogen) atoms. The third-order valence-corrected chi connectivity index (χ3v) is 18.2. The average molecular weight is 1180 g/mol. The van der Waals surface area contributed by atoms with Crippen molar-refractivity contribution in [2.45, 2.75) is 0 Å². The van der Waals surface area contributed by atoms with Gasteiger partial charge in [-0.2, -0.15) is 15.8 Å². The second kappa shape index (κ2) is 22.1. The summed E-state index contributed by atoms with van der Waals surface area (Å²) in [5, 5.41) is 37.1. The van der Waals surface area contributed by atoms with Gasteiger partial charge in [-0.25, -0.2) is 9.97 Å². The number of rotatable bonds is 10. The molecular formula is C85H50N8. The van der Waals surface area contributed by atoms with Crippen LogP contribution in [0.1, 0.15) is 16.7 Å². The van der Waals surface area contributed by atoms with Crippen molar-refractivity contribution in [2.75, 3.05) is 0 Å². The summed E-state index contributed by atoms with van der Waals surface area (Å²) in [6, 6.07) is 113. The summed E-state index contributed by atoms with van der Waals surface area (Å²) in [5.41, 5.74) is 22.1. The highest BCUT2D eigenvalue weighted by atomic mass is 15.0. The van der Waals surface area contributed by atoms with Crippen LogP contribution in [0.4, 0.5) is 0 Å². The van der Waals surface area contributed by atoms with Crippen molar-refractivity contribution in [3.63, 3.8) is 0 Å². The molecule has 8 nitrogen and oxygen atoms in total. The summed E-state index contributed by atoms with van der Waals surface area (Å²) < 4.78 is 7.28. The predicted molar refractivity (Wildman–Crippen MR) is 377 cm³/mol. The summed E-state index contributed by atoms with van der Waals surface area (Å²) in [6.45, 7) is 0. The first-order valence-corrected chi connectivity index (χ1v) is 30.9. The summed E-state index contributed by atoms with van der Waals surface area (Å²) in [4.78, 5) is 10.9. The Morgan fingerprint density at radius 2 is 0.667 bits per heavy atom. The van der Waals surface area contributed by atoms with Crippen LogP contribution < -0.4 is 0 Å². The number of nitriles is 3. The van der Waals surface area contributed by atoms with Gasteiger partial charge in [0.1, 0.15) is 0 Å². The first-order valence-electron chi connectivity index (χ1n) is 30.9. The maximum Gasteiger partial charge on any atom is 0.160 e. The van der Waals surface area contributed by atoms with Gasteiger partial charge in [0.05, 0.1) is 96.4 Å². The van der Waals surface area contributed by atoms with Gasteiger partial charge in [0.2, 0.25) is 0 Å². The number of nitrogens with zero attached hydrogens (tertiary/aromatic N) is 8. The lowest BCUT2D eigenvalue weighted by molar-refractivity contribution is 1.15. The average Bonchev–Trinajstić information content (AvgIpc) is 1.62. The monoisotopic (exact) mass is 1180 g/mol. The Kier molecular flexibility index (Phi) is 12.9. The lowest BCUT2D eigenvalue weighted by atomic mass is 9.90. The second-order valence-electron chi connectivity index (χ2n) is 23.4. The molecule has 0 aliphatic rings. The Hall–Kier alpha value is -13.2. The van der Waals surface area contributed by atoms with E-state index in [1.54, 1.807) is 12.1 Å². The minimum absolute atomic E-state index is 0.412. The summed E-state index contributed by atoms with van der Waals surface area (Å²) in [5.74, 6) is 0.605. The minimum atomic E-state index is 0.412. The molecule has 4 heterocycles. The van der Waals surface area contributed by atoms with Crippen LogP contribution in [0.25, 0.3) is 161 Å². The van der Waals surface area contributed by atoms with Gasteiger partial charge in [0, 0.05) is 71.3 Å². The molecule has 0 unspecified atom stereocenters. The van der Waals surface area contributed by atoms with E-state index in [1.165, 1.54) is 0 Å². The van der Waals surface area contributed by atoms with Gasteiger partial charge in [-0.1, -0.05) is 200 Å². The molecule has 0 atom stereocenters. The molecule has 0 N–H and O–H groups in total. The molecular weight excluding hydrogens is 1130 g/mol. The number of hydrogen-bond acceptors (Lipinski definition) is 5. The lowest BCUT2D eigenvalue weighted by Gasteiger charge is -2.24. The molecule has 0 saturated heterocycles. The predicted octanol–water partition coefficient (Wildman–Crippen LogP) is 21.1. The molecule has 0 saturated carbocycles. The number of benzene rings is 13. The molecule has 17 rings (SSSR count). The topological polar surface area (TPSA) is 112 Å². The smallest absolute Gasteiger partial charge is 0.160 e. The Balaban J connectivity index is 1.06. The van der Waals surface area contributed by atoms with E-state index < -0.39 is 0 Å². The largest absolute Gasteiger partial charge is 0.309 e. The highest BCUT2D eigenvalue weighted by Gasteiger charge is 2.28. The molecule has 13 aromatic carbocycles. The van der Waals surface area contributed by atoms with Gasteiger partial charge in [-0.15, -0.1) is 0 Å². The van der Waals surface area contributed by atoms with Crippen LogP contribution >= 0.6 is 0 Å². The van der Waals surface area contributed by atoms with E-state index in [0.717, 1.165) is 155 Å². The SMILES string of the molecule is N#Cc1ccc(-c2ccc3c(c2)c2cc(-c4ccc(C#N)cc4C#N)ccc2n3-c2c(-c3ccccc3-n3c4ccccc4c4ccccc43)cc(-c3cc(-c4ccccc4)nc(-c4ccccc4)n3)cc2-c2ccccc2-n2c3ccccc3c3ccccc32)cc1. The fraction of sp³-hybridized carbons (Fsp3) is 0. The summed E-state index contributed by atoms with van der Waals surface area (Å²) in [6.07, 6.45) is 0. The van der Waals surface area contributed by atoms with E-state index in [-0.39, 0.29) is 0 Å². The van der Waals surface area contributed by atoms with Crippen molar-refractivity contribution in [1.29, 1.82) is 15.8 Å². The number of fused-ring (bicyclic) bond motifs is 9. The molecule has 4 aromatic heterocycles. The van der Waals surface area contributed by atoms with Crippen molar-refractivity contribution in [2.24, 2.45) is 0 Å². The van der Waals surface area contributed by atoms with E-state index in [9.17, 15) is 15.8 Å². The number of para-hydroxylation sites is 6. The number of hydrogen-bond donors (Lipinski definition) is 0. The maximum absolute atomic E-state index is 10.7. The zero-order valence-electron chi connectivity index (χ0n) is 49.9. The van der Waals surface area contributed by atoms with Gasteiger partial charge in [-0.05, 0) is 125 Å². The van der Waals surface area contributed by atoms with Crippen molar-refractivity contribution in [3.05, 3.63) is 320 Å². The van der Waals surface area contributed by atoms with Crippen molar-refractivity contribution in [3.8, 4) is 114 Å². The minimum Gasteiger partial charge on any atom is -0.309 e. The lowest BCUT2D eigenvalue weighted by Crippen LogP contribution is -2.06. The van der Waals surface area contributed by atoms with E-state index in [0.29, 0.717) is 22.5 Å². The highest BCUT2D eigenvalue weighted by molar-refractivity contribution is 6.15. The third kappa shape index (κ3) is 8.96. The Labute approximate surface area is 535 Å². The van der Waals surface area contributed by atoms with Crippen LogP contribution in [0.5, 0.6) is 0 Å². The van der Waals surface area contributed by atoms with Gasteiger partial charge >= 0.3 is 0 Å². The zero-order chi connectivity index (χ0) is 62.1. The van der Waals surface area contributed by atoms with Crippen molar-refractivity contribution < 1.29 is 0 Å². The van der Waals surface area contributed by atoms with E-state index in [4.69, 9.17) is 9.97 Å². The van der Waals surface area contributed by atoms with Crippen molar-refractivity contribution in [1.82, 2.24) is 23.7 Å². The summed E-state index contributed by atoms with van der Waals surface area (Å²) >= 11 is 0. The van der Waals surface area contributed by atoms with Gasteiger partial charge in [0.25, 0.3) is 0 Å². The molecule has 17 aromatic rings. The van der Waals surface area contributed by atoms with Gasteiger partial charge < -0.3 is 13.7 Å². The molecule has 0 bridgehead atoms. The summed E-state index contributed by atoms with van der Waals surface area (Å²) in [7, 11) is 0.